The molecule has 11 nitrogen and oxygen atoms in total. The molecular weight excluding hydrogens is 592 g/mol. The quantitative estimate of drug-likeness (QED) is 0.168. The highest BCUT2D eigenvalue weighted by molar-refractivity contribution is 7.88. The number of carboxylic acids is 1. The summed E-state index contributed by atoms with van der Waals surface area (Å²) in [7, 11) is -2.14. The lowest BCUT2D eigenvalue weighted by Crippen LogP contribution is -2.41. The van der Waals surface area contributed by atoms with Crippen LogP contribution in [-0.2, 0) is 38.9 Å². The Balaban J connectivity index is 1.44. The van der Waals surface area contributed by atoms with Crippen molar-refractivity contribution in [2.24, 2.45) is 5.92 Å². The number of aryl methyl sites for hydroxylation is 2. The molecule has 0 spiro atoms. The van der Waals surface area contributed by atoms with Crippen LogP contribution in [0.4, 0.5) is 16.2 Å². The number of benzene rings is 2. The number of aliphatic carboxylic acids is 1. The molecule has 0 fully saturated rings. The highest BCUT2D eigenvalue weighted by atomic mass is 32.2. The third-order valence-electron chi connectivity index (χ3n) is 6.61. The van der Waals surface area contributed by atoms with E-state index in [0.717, 1.165) is 40.7 Å². The van der Waals surface area contributed by atoms with Gasteiger partial charge < -0.3 is 25.8 Å². The van der Waals surface area contributed by atoms with E-state index in [4.69, 9.17) is 4.74 Å². The number of carbonyl (C=O) groups excluding carboxylic acids is 2. The Kier molecular flexibility index (Phi) is 12.1. The molecule has 5 N–H and O–H groups in total. The number of para-hydroxylation sites is 1. The van der Waals surface area contributed by atoms with E-state index in [9.17, 15) is 27.9 Å². The molecule has 0 aliphatic carbocycles. The van der Waals surface area contributed by atoms with Crippen molar-refractivity contribution in [2.75, 3.05) is 30.5 Å². The van der Waals surface area contributed by atoms with E-state index in [1.165, 1.54) is 18.4 Å². The molecule has 0 saturated carbocycles. The summed E-state index contributed by atoms with van der Waals surface area (Å²) in [6.45, 7) is 4.44. The number of ether oxygens (including phenoxy) is 1. The van der Waals surface area contributed by atoms with Crippen molar-refractivity contribution in [3.8, 4) is 5.75 Å². The number of hydrogen-bond acceptors (Lipinski definition) is 7. The second-order valence-corrected chi connectivity index (χ2v) is 13.2. The van der Waals surface area contributed by atoms with Crippen molar-refractivity contribution in [1.82, 2.24) is 10.0 Å². The number of thiophene rings is 1. The third kappa shape index (κ3) is 11.3. The van der Waals surface area contributed by atoms with Gasteiger partial charge in [0.1, 0.15) is 11.8 Å². The van der Waals surface area contributed by atoms with Crippen LogP contribution in [0.3, 0.4) is 0 Å². The van der Waals surface area contributed by atoms with Gasteiger partial charge in [-0.1, -0.05) is 31.2 Å². The van der Waals surface area contributed by atoms with Crippen molar-refractivity contribution in [1.29, 1.82) is 0 Å². The number of carboxylic acid groups (broad SMARTS) is 1. The van der Waals surface area contributed by atoms with Crippen molar-refractivity contribution in [3.05, 3.63) is 75.5 Å². The fourth-order valence-electron chi connectivity index (χ4n) is 4.30. The van der Waals surface area contributed by atoms with Gasteiger partial charge in [0.25, 0.3) is 0 Å². The van der Waals surface area contributed by atoms with E-state index in [-0.39, 0.29) is 24.7 Å². The molecule has 2 atom stereocenters. The number of rotatable bonds is 15. The van der Waals surface area contributed by atoms with Crippen LogP contribution in [0.1, 0.15) is 34.9 Å². The third-order valence-corrected chi connectivity index (χ3v) is 8.36. The Morgan fingerprint density at radius 1 is 1.02 bits per heavy atom. The summed E-state index contributed by atoms with van der Waals surface area (Å²) in [6.07, 6.45) is 2.71. The molecule has 2 aromatic carbocycles. The molecule has 0 radical (unpaired) electrons. The minimum Gasteiger partial charge on any atom is -0.495 e. The minimum absolute atomic E-state index is 0.0624. The molecule has 13 heteroatoms. The molecule has 0 saturated heterocycles. The Hall–Kier alpha value is -3.94. The molecule has 2 unspecified atom stereocenters. The van der Waals surface area contributed by atoms with E-state index in [1.807, 2.05) is 49.6 Å². The second kappa shape index (κ2) is 15.5. The highest BCUT2D eigenvalue weighted by Gasteiger charge is 2.22. The first-order valence-electron chi connectivity index (χ1n) is 13.7. The van der Waals surface area contributed by atoms with Crippen LogP contribution in [-0.4, -0.2) is 57.4 Å². The summed E-state index contributed by atoms with van der Waals surface area (Å²) in [6, 6.07) is 12.9. The number of amides is 3. The average molecular weight is 631 g/mol. The Bertz CT molecular complexity index is 1540. The van der Waals surface area contributed by atoms with Gasteiger partial charge in [-0.15, -0.1) is 11.3 Å². The first kappa shape index (κ1) is 33.6. The lowest BCUT2D eigenvalue weighted by molar-refractivity contribution is -0.139. The number of carbonyl (C=O) groups is 3. The van der Waals surface area contributed by atoms with E-state index in [0.29, 0.717) is 23.7 Å². The predicted octanol–water partition coefficient (Wildman–Crippen LogP) is 4.18. The fraction of sp³-hybridized carbons (Fsp3) is 0.367. The van der Waals surface area contributed by atoms with Crippen molar-refractivity contribution < 1.29 is 32.6 Å². The molecule has 3 amide bonds. The fourth-order valence-corrected chi connectivity index (χ4v) is 5.93. The van der Waals surface area contributed by atoms with Gasteiger partial charge >= 0.3 is 12.0 Å². The molecule has 3 aromatic rings. The first-order valence-corrected chi connectivity index (χ1v) is 16.4. The smallest absolute Gasteiger partial charge is 0.323 e. The second-order valence-electron chi connectivity index (χ2n) is 10.5. The minimum atomic E-state index is -3.64. The maximum Gasteiger partial charge on any atom is 0.323 e. The zero-order valence-electron chi connectivity index (χ0n) is 24.6. The van der Waals surface area contributed by atoms with Gasteiger partial charge in [-0.3, -0.25) is 9.59 Å². The van der Waals surface area contributed by atoms with Crippen LogP contribution in [0.2, 0.25) is 0 Å². The van der Waals surface area contributed by atoms with E-state index >= 15 is 0 Å². The SMILES string of the molecule is COc1cc(CC(=O)NCC(C)CCc2cc(CC(NS(C)(=O)=O)C(=O)O)cs2)ccc1NC(=O)Nc1ccccc1C. The van der Waals surface area contributed by atoms with E-state index < -0.39 is 28.1 Å². The Labute approximate surface area is 256 Å². The lowest BCUT2D eigenvalue weighted by atomic mass is 10.0. The van der Waals surface area contributed by atoms with Gasteiger partial charge in [-0.2, -0.15) is 0 Å². The summed E-state index contributed by atoms with van der Waals surface area (Å²) >= 11 is 1.50. The first-order chi connectivity index (χ1) is 20.3. The molecule has 1 heterocycles. The van der Waals surface area contributed by atoms with Crippen LogP contribution in [0.15, 0.2) is 53.9 Å². The average Bonchev–Trinajstić information content (AvgIpc) is 3.39. The normalized spacial score (nSPS) is 12.7. The monoisotopic (exact) mass is 630 g/mol. The lowest BCUT2D eigenvalue weighted by Gasteiger charge is -2.14. The van der Waals surface area contributed by atoms with Gasteiger partial charge in [-0.25, -0.2) is 17.9 Å². The van der Waals surface area contributed by atoms with E-state index in [1.54, 1.807) is 18.2 Å². The zero-order valence-corrected chi connectivity index (χ0v) is 26.2. The maximum absolute atomic E-state index is 12.6. The van der Waals surface area contributed by atoms with Crippen LogP contribution in [0.25, 0.3) is 0 Å². The molecule has 0 bridgehead atoms. The summed E-state index contributed by atoms with van der Waals surface area (Å²) in [4.78, 5) is 37.6. The van der Waals surface area contributed by atoms with E-state index in [2.05, 4.69) is 20.7 Å². The number of anilines is 2. The molecular formula is C30H38N4O7S2. The zero-order chi connectivity index (χ0) is 31.6. The van der Waals surface area contributed by atoms with Crippen LogP contribution < -0.4 is 25.4 Å². The van der Waals surface area contributed by atoms with Crippen LogP contribution >= 0.6 is 11.3 Å². The topological polar surface area (TPSA) is 163 Å². The van der Waals surface area contributed by atoms with Crippen molar-refractivity contribution in [3.63, 3.8) is 0 Å². The number of nitrogens with one attached hydrogen (secondary N) is 4. The van der Waals surface area contributed by atoms with Crippen molar-refractivity contribution >= 4 is 50.6 Å². The standard InChI is InChI=1S/C30H38N4O7S2/c1-19(9-11-23-13-22(18-42-23)14-26(29(36)37)34-43(4,39)40)17-31-28(35)16-21-10-12-25(27(15-21)41-3)33-30(38)32-24-8-6-5-7-20(24)2/h5-8,10,12-13,15,18-19,26,34H,9,11,14,16-17H2,1-4H3,(H,31,35)(H,36,37)(H2,32,33,38). The summed E-state index contributed by atoms with van der Waals surface area (Å²) < 4.78 is 30.5. The highest BCUT2D eigenvalue weighted by Crippen LogP contribution is 2.26. The van der Waals surface area contributed by atoms with Crippen molar-refractivity contribution in [2.45, 2.75) is 45.6 Å². The number of methoxy groups -OCH3 is 1. The number of hydrogen-bond donors (Lipinski definition) is 5. The number of urea groups is 1. The van der Waals surface area contributed by atoms with Crippen LogP contribution in [0.5, 0.6) is 5.75 Å². The summed E-state index contributed by atoms with van der Waals surface area (Å²) in [5, 5.41) is 19.7. The molecule has 43 heavy (non-hydrogen) atoms. The van der Waals surface area contributed by atoms with Gasteiger partial charge in [-0.05, 0) is 72.0 Å². The van der Waals surface area contributed by atoms with Gasteiger partial charge in [0.15, 0.2) is 0 Å². The number of sulfonamides is 1. The van der Waals surface area contributed by atoms with Gasteiger partial charge in [0.2, 0.25) is 15.9 Å². The molecule has 3 rings (SSSR count). The molecule has 0 aliphatic rings. The molecule has 0 aliphatic heterocycles. The molecule has 1 aromatic heterocycles. The Morgan fingerprint density at radius 2 is 1.74 bits per heavy atom. The largest absolute Gasteiger partial charge is 0.495 e. The Morgan fingerprint density at radius 3 is 2.42 bits per heavy atom. The summed E-state index contributed by atoms with van der Waals surface area (Å²) in [5.41, 5.74) is 3.62. The van der Waals surface area contributed by atoms with Gasteiger partial charge in [0, 0.05) is 23.5 Å². The summed E-state index contributed by atoms with van der Waals surface area (Å²) in [5.74, 6) is -0.727. The van der Waals surface area contributed by atoms with Crippen LogP contribution in [0, 0.1) is 12.8 Å². The molecule has 232 valence electrons. The maximum atomic E-state index is 12.6. The predicted molar refractivity (Wildman–Crippen MR) is 168 cm³/mol. The van der Waals surface area contributed by atoms with Gasteiger partial charge in [0.05, 0.1) is 25.5 Å².